The summed E-state index contributed by atoms with van der Waals surface area (Å²) in [6.45, 7) is 0. The maximum atomic E-state index is 13.4. The van der Waals surface area contributed by atoms with Crippen LogP contribution >= 0.6 is 0 Å². The molecule has 90 valence electrons. The molecule has 0 spiro atoms. The highest BCUT2D eigenvalue weighted by Crippen LogP contribution is 2.47. The molecule has 2 rings (SSSR count). The predicted octanol–water partition coefficient (Wildman–Crippen LogP) is 2.61. The molecule has 0 radical (unpaired) electrons. The Balaban J connectivity index is 2.56. The molecule has 0 atom stereocenters. The molecule has 1 aromatic rings. The molecule has 0 amide bonds. The number of carbonyl (C=O) groups excluding carboxylic acids is 1. The molecule has 1 aliphatic rings. The Hall–Kier alpha value is -1.67. The molecule has 0 N–H and O–H groups in total. The molecule has 0 heterocycles. The van der Waals surface area contributed by atoms with Gasteiger partial charge >= 0.3 is 0 Å². The number of nitrogens with zero attached hydrogens (tertiary/aromatic N) is 2. The lowest BCUT2D eigenvalue weighted by Crippen LogP contribution is -2.33. The van der Waals surface area contributed by atoms with Gasteiger partial charge in [0.15, 0.2) is 0 Å². The lowest BCUT2D eigenvalue weighted by atomic mass is 9.71. The van der Waals surface area contributed by atoms with Crippen molar-refractivity contribution < 1.29 is 9.18 Å². The summed E-state index contributed by atoms with van der Waals surface area (Å²) in [5, 5.41) is 0. The Labute approximate surface area is 100.0 Å². The van der Waals surface area contributed by atoms with E-state index in [1.54, 1.807) is 12.1 Å². The number of isocyanates is 1. The Morgan fingerprint density at radius 2 is 2.12 bits per heavy atom. The highest BCUT2D eigenvalue weighted by Gasteiger charge is 2.41. The van der Waals surface area contributed by atoms with E-state index in [-0.39, 0.29) is 5.82 Å². The number of hydrogen-bond acceptors (Lipinski definition) is 3. The molecule has 1 aromatic carbocycles. The van der Waals surface area contributed by atoms with Crippen molar-refractivity contribution in [2.75, 3.05) is 19.0 Å². The highest BCUT2D eigenvalue weighted by molar-refractivity contribution is 5.57. The molecule has 0 saturated heterocycles. The van der Waals surface area contributed by atoms with Crippen molar-refractivity contribution in [2.45, 2.75) is 24.8 Å². The molecule has 1 fully saturated rings. The van der Waals surface area contributed by atoms with Crippen molar-refractivity contribution in [1.82, 2.24) is 0 Å². The first-order chi connectivity index (χ1) is 8.09. The van der Waals surface area contributed by atoms with E-state index in [1.165, 1.54) is 12.1 Å². The molecule has 0 unspecified atom stereocenters. The second kappa shape index (κ2) is 4.30. The minimum Gasteiger partial charge on any atom is -0.377 e. The molecule has 0 bridgehead atoms. The van der Waals surface area contributed by atoms with Crippen LogP contribution in [0.25, 0.3) is 0 Å². The standard InChI is InChI=1S/C13H15FN2O/c1-16(2)12-5-4-10(14)8-11(12)13(15-9-17)6-3-7-13/h4-5,8H,3,6-7H2,1-2H3. The third kappa shape index (κ3) is 1.96. The van der Waals surface area contributed by atoms with Crippen LogP contribution in [0.1, 0.15) is 24.8 Å². The van der Waals surface area contributed by atoms with Crippen LogP contribution in [0, 0.1) is 5.82 Å². The van der Waals surface area contributed by atoms with Gasteiger partial charge in [0.05, 0.1) is 0 Å². The van der Waals surface area contributed by atoms with Crippen LogP contribution in [-0.4, -0.2) is 20.2 Å². The van der Waals surface area contributed by atoms with Crippen molar-refractivity contribution in [3.8, 4) is 0 Å². The van der Waals surface area contributed by atoms with Crippen molar-refractivity contribution >= 4 is 11.8 Å². The zero-order valence-electron chi connectivity index (χ0n) is 10.0. The van der Waals surface area contributed by atoms with Crippen LogP contribution in [0.4, 0.5) is 10.1 Å². The number of rotatable bonds is 3. The van der Waals surface area contributed by atoms with E-state index in [0.717, 1.165) is 30.5 Å². The van der Waals surface area contributed by atoms with Gasteiger partial charge in [-0.25, -0.2) is 9.18 Å². The fourth-order valence-electron chi connectivity index (χ4n) is 2.31. The van der Waals surface area contributed by atoms with E-state index in [0.29, 0.717) is 0 Å². The van der Waals surface area contributed by atoms with E-state index in [1.807, 2.05) is 19.0 Å². The molecular formula is C13H15FN2O. The van der Waals surface area contributed by atoms with E-state index in [4.69, 9.17) is 0 Å². The quantitative estimate of drug-likeness (QED) is 0.595. The molecular weight excluding hydrogens is 219 g/mol. The first-order valence-electron chi connectivity index (χ1n) is 5.65. The lowest BCUT2D eigenvalue weighted by molar-refractivity contribution is 0.255. The van der Waals surface area contributed by atoms with Crippen molar-refractivity contribution in [1.29, 1.82) is 0 Å². The van der Waals surface area contributed by atoms with Crippen LogP contribution < -0.4 is 4.90 Å². The smallest absolute Gasteiger partial charge is 0.235 e. The average Bonchev–Trinajstić information content (AvgIpc) is 2.22. The predicted molar refractivity (Wildman–Crippen MR) is 64.4 cm³/mol. The normalized spacial score (nSPS) is 16.9. The number of benzene rings is 1. The maximum Gasteiger partial charge on any atom is 0.235 e. The summed E-state index contributed by atoms with van der Waals surface area (Å²) in [6.07, 6.45) is 4.21. The summed E-state index contributed by atoms with van der Waals surface area (Å²) in [5.74, 6) is -0.294. The molecule has 0 aliphatic heterocycles. The summed E-state index contributed by atoms with van der Waals surface area (Å²) >= 11 is 0. The van der Waals surface area contributed by atoms with E-state index >= 15 is 0 Å². The van der Waals surface area contributed by atoms with Crippen LogP contribution in [0.3, 0.4) is 0 Å². The Morgan fingerprint density at radius 1 is 1.41 bits per heavy atom. The Kier molecular flexibility index (Phi) is 2.99. The van der Waals surface area contributed by atoms with Crippen LogP contribution in [0.2, 0.25) is 0 Å². The number of anilines is 1. The second-order valence-electron chi connectivity index (χ2n) is 4.64. The number of hydrogen-bond donors (Lipinski definition) is 0. The largest absolute Gasteiger partial charge is 0.377 e. The molecule has 3 nitrogen and oxygen atoms in total. The van der Waals surface area contributed by atoms with E-state index in [9.17, 15) is 9.18 Å². The number of aliphatic imine (C=N–C) groups is 1. The van der Waals surface area contributed by atoms with E-state index in [2.05, 4.69) is 4.99 Å². The van der Waals surface area contributed by atoms with Crippen LogP contribution in [0.15, 0.2) is 23.2 Å². The summed E-state index contributed by atoms with van der Waals surface area (Å²) in [4.78, 5) is 16.4. The van der Waals surface area contributed by atoms with Gasteiger partial charge in [-0.05, 0) is 37.5 Å². The van der Waals surface area contributed by atoms with Crippen molar-refractivity contribution in [3.05, 3.63) is 29.6 Å². The molecule has 1 aliphatic carbocycles. The highest BCUT2D eigenvalue weighted by atomic mass is 19.1. The van der Waals surface area contributed by atoms with Crippen molar-refractivity contribution in [2.24, 2.45) is 4.99 Å². The van der Waals surface area contributed by atoms with Gasteiger partial charge in [0, 0.05) is 25.3 Å². The van der Waals surface area contributed by atoms with Gasteiger partial charge < -0.3 is 4.90 Å². The second-order valence-corrected chi connectivity index (χ2v) is 4.64. The van der Waals surface area contributed by atoms with Gasteiger partial charge in [0.25, 0.3) is 0 Å². The topological polar surface area (TPSA) is 32.7 Å². The fourth-order valence-corrected chi connectivity index (χ4v) is 2.31. The van der Waals surface area contributed by atoms with Gasteiger partial charge in [-0.3, -0.25) is 0 Å². The minimum atomic E-state index is -0.552. The molecule has 17 heavy (non-hydrogen) atoms. The molecule has 4 heteroatoms. The van der Waals surface area contributed by atoms with Gasteiger partial charge in [-0.15, -0.1) is 0 Å². The Bertz CT molecular complexity index is 474. The first kappa shape index (κ1) is 11.8. The van der Waals surface area contributed by atoms with Gasteiger partial charge in [-0.1, -0.05) is 0 Å². The van der Waals surface area contributed by atoms with Crippen LogP contribution in [-0.2, 0) is 10.3 Å². The minimum absolute atomic E-state index is 0.294. The van der Waals surface area contributed by atoms with Gasteiger partial charge in [0.2, 0.25) is 6.08 Å². The first-order valence-corrected chi connectivity index (χ1v) is 5.65. The summed E-state index contributed by atoms with van der Waals surface area (Å²) in [6, 6.07) is 4.64. The summed E-state index contributed by atoms with van der Waals surface area (Å²) in [7, 11) is 3.79. The molecule has 1 saturated carbocycles. The monoisotopic (exact) mass is 234 g/mol. The SMILES string of the molecule is CN(C)c1ccc(F)cc1C1(N=C=O)CCC1. The van der Waals surface area contributed by atoms with Crippen LogP contribution in [0.5, 0.6) is 0 Å². The lowest BCUT2D eigenvalue weighted by Gasteiger charge is -2.39. The van der Waals surface area contributed by atoms with Crippen molar-refractivity contribution in [3.63, 3.8) is 0 Å². The Morgan fingerprint density at radius 3 is 2.59 bits per heavy atom. The zero-order valence-corrected chi connectivity index (χ0v) is 10.0. The zero-order chi connectivity index (χ0) is 12.5. The maximum absolute atomic E-state index is 13.4. The fraction of sp³-hybridized carbons (Fsp3) is 0.462. The third-order valence-electron chi connectivity index (χ3n) is 3.38. The third-order valence-corrected chi connectivity index (χ3v) is 3.38. The summed E-state index contributed by atoms with van der Waals surface area (Å²) in [5.41, 5.74) is 1.14. The summed E-state index contributed by atoms with van der Waals surface area (Å²) < 4.78 is 13.4. The number of halogens is 1. The van der Waals surface area contributed by atoms with Gasteiger partial charge in [-0.2, -0.15) is 4.99 Å². The molecule has 0 aromatic heterocycles. The van der Waals surface area contributed by atoms with E-state index < -0.39 is 5.54 Å². The average molecular weight is 234 g/mol. The van der Waals surface area contributed by atoms with Gasteiger partial charge in [0.1, 0.15) is 11.4 Å².